The minimum atomic E-state index is -0.596. The smallest absolute Gasteiger partial charge is 0.408 e. The largest absolute Gasteiger partial charge is 0.444 e. The summed E-state index contributed by atoms with van der Waals surface area (Å²) in [6.07, 6.45) is 2.02. The number of hydrogen-bond acceptors (Lipinski definition) is 5. The van der Waals surface area contributed by atoms with Gasteiger partial charge in [-0.05, 0) is 38.8 Å². The monoisotopic (exact) mass is 376 g/mol. The molecule has 7 heteroatoms. The number of pyridine rings is 1. The summed E-state index contributed by atoms with van der Waals surface area (Å²) in [6.45, 7) is 12.1. The fourth-order valence-electron chi connectivity index (χ4n) is 3.01. The van der Waals surface area contributed by atoms with Crippen LogP contribution in [0.5, 0.6) is 0 Å². The Labute approximate surface area is 162 Å². The molecule has 2 rings (SSSR count). The van der Waals surface area contributed by atoms with E-state index in [1.165, 1.54) is 0 Å². The Hall–Kier alpha value is -2.31. The standard InChI is InChI=1S/C20H32N4O3/c1-6-15(2)17(22-19(26)27-20(3,4)5)18(25)24-13-11-23(12-14-24)16-9-7-8-10-21-16/h7-10,15,17H,6,11-14H2,1-5H3,(H,22,26). The number of hydrogen-bond donors (Lipinski definition) is 1. The van der Waals surface area contributed by atoms with Gasteiger partial charge in [-0.15, -0.1) is 0 Å². The van der Waals surface area contributed by atoms with E-state index in [4.69, 9.17) is 4.74 Å². The van der Waals surface area contributed by atoms with Crippen molar-refractivity contribution in [2.24, 2.45) is 5.92 Å². The van der Waals surface area contributed by atoms with E-state index >= 15 is 0 Å². The molecule has 1 fully saturated rings. The lowest BCUT2D eigenvalue weighted by Gasteiger charge is -2.38. The highest BCUT2D eigenvalue weighted by molar-refractivity contribution is 5.86. The van der Waals surface area contributed by atoms with Gasteiger partial charge in [0.1, 0.15) is 17.5 Å². The summed E-state index contributed by atoms with van der Waals surface area (Å²) < 4.78 is 5.34. The van der Waals surface area contributed by atoms with Crippen LogP contribution in [0.3, 0.4) is 0 Å². The number of amides is 2. The van der Waals surface area contributed by atoms with Gasteiger partial charge in [-0.2, -0.15) is 0 Å². The zero-order chi connectivity index (χ0) is 20.0. The normalized spacial score (nSPS) is 17.2. The number of anilines is 1. The van der Waals surface area contributed by atoms with Gasteiger partial charge in [0.2, 0.25) is 5.91 Å². The molecule has 1 aromatic heterocycles. The van der Waals surface area contributed by atoms with Crippen molar-refractivity contribution in [2.75, 3.05) is 31.1 Å². The van der Waals surface area contributed by atoms with E-state index in [9.17, 15) is 9.59 Å². The quantitative estimate of drug-likeness (QED) is 0.855. The predicted octanol–water partition coefficient (Wildman–Crippen LogP) is 2.67. The van der Waals surface area contributed by atoms with E-state index in [0.717, 1.165) is 25.3 Å². The predicted molar refractivity (Wildman–Crippen MR) is 106 cm³/mol. The Balaban J connectivity index is 1.98. The van der Waals surface area contributed by atoms with Crippen LogP contribution in [-0.2, 0) is 9.53 Å². The number of nitrogens with one attached hydrogen (secondary N) is 1. The van der Waals surface area contributed by atoms with Crippen molar-refractivity contribution in [3.8, 4) is 0 Å². The molecule has 2 atom stereocenters. The van der Waals surface area contributed by atoms with Crippen molar-refractivity contribution >= 4 is 17.8 Å². The number of carbonyl (C=O) groups is 2. The molecule has 2 heterocycles. The molecule has 2 amide bonds. The van der Waals surface area contributed by atoms with E-state index in [1.807, 2.05) is 57.7 Å². The number of piperazine rings is 1. The van der Waals surface area contributed by atoms with Gasteiger partial charge in [0, 0.05) is 32.4 Å². The number of carbonyl (C=O) groups excluding carboxylic acids is 2. The van der Waals surface area contributed by atoms with Crippen molar-refractivity contribution in [2.45, 2.75) is 52.7 Å². The van der Waals surface area contributed by atoms with Gasteiger partial charge in [0.15, 0.2) is 0 Å². The third-order valence-corrected chi connectivity index (χ3v) is 4.72. The van der Waals surface area contributed by atoms with Crippen LogP contribution in [0, 0.1) is 5.92 Å². The van der Waals surface area contributed by atoms with E-state index in [-0.39, 0.29) is 11.8 Å². The molecular formula is C20H32N4O3. The summed E-state index contributed by atoms with van der Waals surface area (Å²) in [4.78, 5) is 33.6. The van der Waals surface area contributed by atoms with Crippen LogP contribution in [0.25, 0.3) is 0 Å². The van der Waals surface area contributed by atoms with E-state index in [2.05, 4.69) is 15.2 Å². The SMILES string of the molecule is CCC(C)C(NC(=O)OC(C)(C)C)C(=O)N1CCN(c2ccccn2)CC1. The van der Waals surface area contributed by atoms with Crippen LogP contribution in [0.4, 0.5) is 10.6 Å². The zero-order valence-corrected chi connectivity index (χ0v) is 17.1. The second-order valence-electron chi connectivity index (χ2n) is 8.01. The summed E-state index contributed by atoms with van der Waals surface area (Å²) in [6, 6.07) is 5.25. The topological polar surface area (TPSA) is 74.8 Å². The average molecular weight is 377 g/mol. The van der Waals surface area contributed by atoms with Crippen LogP contribution >= 0.6 is 0 Å². The highest BCUT2D eigenvalue weighted by Gasteiger charge is 2.33. The maximum atomic E-state index is 13.1. The fraction of sp³-hybridized carbons (Fsp3) is 0.650. The first-order valence-corrected chi connectivity index (χ1v) is 9.65. The van der Waals surface area contributed by atoms with Gasteiger partial charge in [0.05, 0.1) is 0 Å². The number of rotatable bonds is 5. The molecule has 150 valence electrons. The Kier molecular flexibility index (Phi) is 7.05. The van der Waals surface area contributed by atoms with Crippen LogP contribution < -0.4 is 10.2 Å². The Bertz CT molecular complexity index is 622. The summed E-state index contributed by atoms with van der Waals surface area (Å²) in [5.74, 6) is 0.907. The van der Waals surface area contributed by atoms with E-state index in [1.54, 1.807) is 6.20 Å². The summed E-state index contributed by atoms with van der Waals surface area (Å²) in [7, 11) is 0. The van der Waals surface area contributed by atoms with Crippen LogP contribution in [0.1, 0.15) is 41.0 Å². The maximum absolute atomic E-state index is 13.1. The molecule has 7 nitrogen and oxygen atoms in total. The lowest BCUT2D eigenvalue weighted by Crippen LogP contribution is -2.57. The number of aromatic nitrogens is 1. The molecule has 0 bridgehead atoms. The van der Waals surface area contributed by atoms with Crippen molar-refractivity contribution < 1.29 is 14.3 Å². The first-order chi connectivity index (χ1) is 12.7. The molecule has 1 aliphatic rings. The van der Waals surface area contributed by atoms with Crippen LogP contribution in [0.15, 0.2) is 24.4 Å². The molecule has 1 aromatic rings. The molecule has 0 spiro atoms. The number of nitrogens with zero attached hydrogens (tertiary/aromatic N) is 3. The second kappa shape index (κ2) is 9.06. The zero-order valence-electron chi connectivity index (χ0n) is 17.1. The molecule has 0 saturated carbocycles. The molecule has 0 aromatic carbocycles. The molecule has 0 aliphatic carbocycles. The lowest BCUT2D eigenvalue weighted by molar-refractivity contribution is -0.135. The number of alkyl carbamates (subject to hydrolysis) is 1. The van der Waals surface area contributed by atoms with Gasteiger partial charge in [-0.1, -0.05) is 26.3 Å². The minimum Gasteiger partial charge on any atom is -0.444 e. The molecule has 2 unspecified atom stereocenters. The van der Waals surface area contributed by atoms with E-state index in [0.29, 0.717) is 13.1 Å². The van der Waals surface area contributed by atoms with Crippen molar-refractivity contribution in [3.05, 3.63) is 24.4 Å². The summed E-state index contributed by atoms with van der Waals surface area (Å²) >= 11 is 0. The summed E-state index contributed by atoms with van der Waals surface area (Å²) in [5.41, 5.74) is -0.596. The third kappa shape index (κ3) is 6.12. The van der Waals surface area contributed by atoms with Crippen LogP contribution in [0.2, 0.25) is 0 Å². The van der Waals surface area contributed by atoms with Gasteiger partial charge in [0.25, 0.3) is 0 Å². The van der Waals surface area contributed by atoms with Gasteiger partial charge < -0.3 is 19.9 Å². The van der Waals surface area contributed by atoms with Crippen molar-refractivity contribution in [1.82, 2.24) is 15.2 Å². The summed E-state index contributed by atoms with van der Waals surface area (Å²) in [5, 5.41) is 2.79. The highest BCUT2D eigenvalue weighted by Crippen LogP contribution is 2.17. The molecule has 1 saturated heterocycles. The Morgan fingerprint density at radius 3 is 2.41 bits per heavy atom. The van der Waals surface area contributed by atoms with Crippen LogP contribution in [-0.4, -0.2) is 59.7 Å². The van der Waals surface area contributed by atoms with Gasteiger partial charge in [-0.3, -0.25) is 4.79 Å². The lowest BCUT2D eigenvalue weighted by atomic mass is 9.97. The van der Waals surface area contributed by atoms with Crippen molar-refractivity contribution in [1.29, 1.82) is 0 Å². The fourth-order valence-corrected chi connectivity index (χ4v) is 3.01. The molecule has 1 aliphatic heterocycles. The average Bonchev–Trinajstić information content (AvgIpc) is 2.64. The van der Waals surface area contributed by atoms with Gasteiger partial charge >= 0.3 is 6.09 Å². The van der Waals surface area contributed by atoms with Gasteiger partial charge in [-0.25, -0.2) is 9.78 Å². The van der Waals surface area contributed by atoms with Crippen molar-refractivity contribution in [3.63, 3.8) is 0 Å². The minimum absolute atomic E-state index is 0.0267. The van der Waals surface area contributed by atoms with E-state index < -0.39 is 17.7 Å². The Morgan fingerprint density at radius 1 is 1.22 bits per heavy atom. The first kappa shape index (κ1) is 21.0. The molecule has 0 radical (unpaired) electrons. The maximum Gasteiger partial charge on any atom is 0.408 e. The third-order valence-electron chi connectivity index (χ3n) is 4.72. The highest BCUT2D eigenvalue weighted by atomic mass is 16.6. The molecule has 1 N–H and O–H groups in total. The number of ether oxygens (including phenoxy) is 1. The first-order valence-electron chi connectivity index (χ1n) is 9.65. The second-order valence-corrected chi connectivity index (χ2v) is 8.01. The molecule has 27 heavy (non-hydrogen) atoms. The Morgan fingerprint density at radius 2 is 1.89 bits per heavy atom. The molecular weight excluding hydrogens is 344 g/mol.